The first-order chi connectivity index (χ1) is 10.6. The summed E-state index contributed by atoms with van der Waals surface area (Å²) in [6.45, 7) is 9.76. The minimum Gasteiger partial charge on any atom is -0.364 e. The van der Waals surface area contributed by atoms with Gasteiger partial charge in [0.15, 0.2) is 0 Å². The Balaban J connectivity index is 1.50. The van der Waals surface area contributed by atoms with E-state index in [0.717, 1.165) is 44.3 Å². The zero-order chi connectivity index (χ0) is 15.5. The smallest absolute Gasteiger partial charge is 0.123 e. The number of hydrogen-bond acceptors (Lipinski definition) is 2. The number of morpholine rings is 1. The second kappa shape index (κ2) is 7.07. The third kappa shape index (κ3) is 4.06. The van der Waals surface area contributed by atoms with Crippen LogP contribution in [-0.2, 0) is 11.3 Å². The third-order valence-corrected chi connectivity index (χ3v) is 5.02. The SMILES string of the molecule is CC1C[NH+](C2CCN(Cc3cccc(F)c3)CC2)CC(C)O1. The Morgan fingerprint density at radius 2 is 1.86 bits per heavy atom. The van der Waals surface area contributed by atoms with Crippen molar-refractivity contribution in [3.05, 3.63) is 35.6 Å². The number of likely N-dealkylation sites (tertiary alicyclic amines) is 1. The van der Waals surface area contributed by atoms with E-state index in [1.807, 2.05) is 6.07 Å². The van der Waals surface area contributed by atoms with Crippen molar-refractivity contribution in [2.24, 2.45) is 0 Å². The van der Waals surface area contributed by atoms with Crippen LogP contribution in [0.1, 0.15) is 32.3 Å². The van der Waals surface area contributed by atoms with E-state index in [4.69, 9.17) is 4.74 Å². The minimum absolute atomic E-state index is 0.131. The lowest BCUT2D eigenvalue weighted by molar-refractivity contribution is -0.940. The Labute approximate surface area is 133 Å². The summed E-state index contributed by atoms with van der Waals surface area (Å²) in [5.41, 5.74) is 1.08. The average Bonchev–Trinajstić information content (AvgIpc) is 2.47. The lowest BCUT2D eigenvalue weighted by atomic mass is 10.0. The van der Waals surface area contributed by atoms with Crippen LogP contribution < -0.4 is 4.90 Å². The first-order valence-electron chi connectivity index (χ1n) is 8.57. The van der Waals surface area contributed by atoms with E-state index in [1.54, 1.807) is 17.0 Å². The molecule has 3 nitrogen and oxygen atoms in total. The molecule has 0 aliphatic carbocycles. The van der Waals surface area contributed by atoms with Gasteiger partial charge in [-0.1, -0.05) is 12.1 Å². The van der Waals surface area contributed by atoms with Gasteiger partial charge in [-0.3, -0.25) is 4.90 Å². The Morgan fingerprint density at radius 1 is 1.18 bits per heavy atom. The number of halogens is 1. The molecule has 1 aromatic carbocycles. The van der Waals surface area contributed by atoms with E-state index >= 15 is 0 Å². The molecule has 2 saturated heterocycles. The third-order valence-electron chi connectivity index (χ3n) is 5.02. The highest BCUT2D eigenvalue weighted by atomic mass is 19.1. The van der Waals surface area contributed by atoms with Crippen molar-refractivity contribution < 1.29 is 14.0 Å². The molecule has 4 heteroatoms. The average molecular weight is 307 g/mol. The maximum absolute atomic E-state index is 13.3. The van der Waals surface area contributed by atoms with Crippen LogP contribution in [0.15, 0.2) is 24.3 Å². The molecule has 2 atom stereocenters. The van der Waals surface area contributed by atoms with Gasteiger partial charge >= 0.3 is 0 Å². The van der Waals surface area contributed by atoms with Gasteiger partial charge in [0, 0.05) is 32.5 Å². The van der Waals surface area contributed by atoms with Crippen LogP contribution in [0, 0.1) is 5.82 Å². The number of nitrogens with one attached hydrogen (secondary N) is 1. The van der Waals surface area contributed by atoms with Gasteiger partial charge in [0.05, 0.1) is 6.04 Å². The Bertz CT molecular complexity index is 478. The van der Waals surface area contributed by atoms with E-state index in [9.17, 15) is 4.39 Å². The first-order valence-corrected chi connectivity index (χ1v) is 8.57. The quantitative estimate of drug-likeness (QED) is 0.911. The van der Waals surface area contributed by atoms with E-state index in [0.29, 0.717) is 12.2 Å². The van der Waals surface area contributed by atoms with Gasteiger partial charge in [-0.25, -0.2) is 4.39 Å². The number of benzene rings is 1. The van der Waals surface area contributed by atoms with Crippen molar-refractivity contribution in [3.8, 4) is 0 Å². The molecular formula is C18H28FN2O+. The van der Waals surface area contributed by atoms with Crippen LogP contribution in [0.5, 0.6) is 0 Å². The van der Waals surface area contributed by atoms with E-state index in [-0.39, 0.29) is 5.82 Å². The van der Waals surface area contributed by atoms with Gasteiger partial charge in [0.2, 0.25) is 0 Å². The Hall–Kier alpha value is -0.970. The standard InChI is InChI=1S/C18H27FN2O/c1-14-11-21(12-15(2)22-14)18-6-8-20(9-7-18)13-16-4-3-5-17(19)10-16/h3-5,10,14-15,18H,6-9,11-13H2,1-2H3/p+1. The van der Waals surface area contributed by atoms with Crippen molar-refractivity contribution in [2.45, 2.75) is 51.5 Å². The first kappa shape index (κ1) is 15.9. The van der Waals surface area contributed by atoms with Gasteiger partial charge in [-0.05, 0) is 31.5 Å². The highest BCUT2D eigenvalue weighted by Crippen LogP contribution is 2.14. The molecule has 0 spiro atoms. The molecule has 2 unspecified atom stereocenters. The number of nitrogens with zero attached hydrogens (tertiary/aromatic N) is 1. The molecule has 1 N–H and O–H groups in total. The molecule has 2 aliphatic heterocycles. The van der Waals surface area contributed by atoms with Crippen molar-refractivity contribution >= 4 is 0 Å². The van der Waals surface area contributed by atoms with E-state index in [1.165, 1.54) is 18.9 Å². The predicted molar refractivity (Wildman–Crippen MR) is 85.4 cm³/mol. The van der Waals surface area contributed by atoms with Crippen molar-refractivity contribution in [3.63, 3.8) is 0 Å². The molecule has 2 heterocycles. The van der Waals surface area contributed by atoms with Crippen molar-refractivity contribution in [2.75, 3.05) is 26.2 Å². The van der Waals surface area contributed by atoms with Crippen molar-refractivity contribution in [1.82, 2.24) is 4.90 Å². The topological polar surface area (TPSA) is 16.9 Å². The zero-order valence-electron chi connectivity index (χ0n) is 13.7. The molecular weight excluding hydrogens is 279 g/mol. The molecule has 0 saturated carbocycles. The predicted octanol–water partition coefficient (Wildman–Crippen LogP) is 1.48. The summed E-state index contributed by atoms with van der Waals surface area (Å²) in [6.07, 6.45) is 3.24. The highest BCUT2D eigenvalue weighted by Gasteiger charge is 2.33. The number of quaternary nitrogens is 1. The lowest BCUT2D eigenvalue weighted by Crippen LogP contribution is -3.19. The number of piperidine rings is 1. The fraction of sp³-hybridized carbons (Fsp3) is 0.667. The van der Waals surface area contributed by atoms with E-state index in [2.05, 4.69) is 18.7 Å². The Morgan fingerprint density at radius 3 is 2.50 bits per heavy atom. The summed E-state index contributed by atoms with van der Waals surface area (Å²) >= 11 is 0. The van der Waals surface area contributed by atoms with Crippen LogP contribution >= 0.6 is 0 Å². The highest BCUT2D eigenvalue weighted by molar-refractivity contribution is 5.16. The molecule has 0 radical (unpaired) electrons. The van der Waals surface area contributed by atoms with Gasteiger partial charge < -0.3 is 9.64 Å². The molecule has 22 heavy (non-hydrogen) atoms. The number of hydrogen-bond donors (Lipinski definition) is 1. The van der Waals surface area contributed by atoms with Gasteiger partial charge in [0.1, 0.15) is 31.1 Å². The minimum atomic E-state index is -0.131. The van der Waals surface area contributed by atoms with Crippen LogP contribution in [0.2, 0.25) is 0 Å². The van der Waals surface area contributed by atoms with Gasteiger partial charge in [-0.2, -0.15) is 0 Å². The Kier molecular flexibility index (Phi) is 5.11. The normalized spacial score (nSPS) is 31.3. The fourth-order valence-electron chi connectivity index (χ4n) is 4.04. The maximum atomic E-state index is 13.3. The monoisotopic (exact) mass is 307 g/mol. The van der Waals surface area contributed by atoms with Crippen LogP contribution in [0.25, 0.3) is 0 Å². The summed E-state index contributed by atoms with van der Waals surface area (Å²) in [4.78, 5) is 4.18. The zero-order valence-corrected chi connectivity index (χ0v) is 13.7. The number of ether oxygens (including phenoxy) is 1. The van der Waals surface area contributed by atoms with Crippen LogP contribution in [0.4, 0.5) is 4.39 Å². The molecule has 2 fully saturated rings. The summed E-state index contributed by atoms with van der Waals surface area (Å²) in [7, 11) is 0. The van der Waals surface area contributed by atoms with Gasteiger partial charge in [-0.15, -0.1) is 0 Å². The van der Waals surface area contributed by atoms with Crippen LogP contribution in [0.3, 0.4) is 0 Å². The summed E-state index contributed by atoms with van der Waals surface area (Å²) < 4.78 is 19.1. The summed E-state index contributed by atoms with van der Waals surface area (Å²) in [5, 5.41) is 0. The fourth-order valence-corrected chi connectivity index (χ4v) is 4.04. The van der Waals surface area contributed by atoms with Crippen molar-refractivity contribution in [1.29, 1.82) is 0 Å². The molecule has 3 rings (SSSR count). The molecule has 0 bridgehead atoms. The number of rotatable bonds is 3. The summed E-state index contributed by atoms with van der Waals surface area (Å²) in [6, 6.07) is 7.75. The maximum Gasteiger partial charge on any atom is 0.123 e. The molecule has 1 aromatic rings. The van der Waals surface area contributed by atoms with Crippen LogP contribution in [-0.4, -0.2) is 49.3 Å². The van der Waals surface area contributed by atoms with Gasteiger partial charge in [0.25, 0.3) is 0 Å². The second-order valence-corrected chi connectivity index (χ2v) is 7.00. The molecule has 0 amide bonds. The second-order valence-electron chi connectivity index (χ2n) is 7.00. The summed E-state index contributed by atoms with van der Waals surface area (Å²) in [5.74, 6) is -0.131. The molecule has 2 aliphatic rings. The van der Waals surface area contributed by atoms with E-state index < -0.39 is 0 Å². The largest absolute Gasteiger partial charge is 0.364 e. The molecule has 0 aromatic heterocycles. The lowest BCUT2D eigenvalue weighted by Gasteiger charge is -2.41. The molecule has 122 valence electrons.